The molecule has 0 aromatic carbocycles. The van der Waals surface area contributed by atoms with Gasteiger partial charge in [-0.3, -0.25) is 13.9 Å². The number of fused-ring (bicyclic) bond motifs is 1. The number of unbranched alkanes of at least 4 members (excludes halogenated alkanes) is 2. The number of aryl methyl sites for hydroxylation is 2. The summed E-state index contributed by atoms with van der Waals surface area (Å²) in [5.74, 6) is 0.777. The summed E-state index contributed by atoms with van der Waals surface area (Å²) in [7, 11) is 3.18. The summed E-state index contributed by atoms with van der Waals surface area (Å²) in [6, 6.07) is 0. The van der Waals surface area contributed by atoms with Crippen molar-refractivity contribution in [2.24, 2.45) is 14.1 Å². The highest BCUT2D eigenvalue weighted by Crippen LogP contribution is 2.11. The molecule has 0 unspecified atom stereocenters. The number of aromatic nitrogens is 4. The van der Waals surface area contributed by atoms with E-state index in [2.05, 4.69) is 23.7 Å². The minimum Gasteiger partial charge on any atom is -0.321 e. The number of imidazole rings is 1. The lowest BCUT2D eigenvalue weighted by molar-refractivity contribution is 0.255. The molecule has 0 fully saturated rings. The molecule has 0 aliphatic carbocycles. The minimum atomic E-state index is -0.338. The van der Waals surface area contributed by atoms with Crippen molar-refractivity contribution in [3.63, 3.8) is 0 Å². The monoisotopic (exact) mass is 349 g/mol. The van der Waals surface area contributed by atoms with E-state index in [0.29, 0.717) is 17.7 Å². The summed E-state index contributed by atoms with van der Waals surface area (Å²) in [6.45, 7) is 10.1. The summed E-state index contributed by atoms with van der Waals surface area (Å²) >= 11 is 0. The number of nitrogens with zero attached hydrogens (tertiary/aromatic N) is 5. The molecular formula is C18H31N5O2. The van der Waals surface area contributed by atoms with Gasteiger partial charge in [-0.05, 0) is 32.9 Å². The van der Waals surface area contributed by atoms with Crippen LogP contribution in [0.15, 0.2) is 9.59 Å². The maximum atomic E-state index is 12.6. The Morgan fingerprint density at radius 2 is 1.56 bits per heavy atom. The molecule has 140 valence electrons. The predicted molar refractivity (Wildman–Crippen MR) is 101 cm³/mol. The van der Waals surface area contributed by atoms with Crippen LogP contribution in [0.2, 0.25) is 0 Å². The quantitative estimate of drug-likeness (QED) is 0.690. The predicted octanol–water partition coefficient (Wildman–Crippen LogP) is 1.64. The largest absolute Gasteiger partial charge is 0.332 e. The topological polar surface area (TPSA) is 65.1 Å². The SMILES string of the molecule is CCCCN(CCCC)CCn1c(C)nc2c1c(=O)n(C)c(=O)n2C. The Kier molecular flexibility index (Phi) is 6.58. The van der Waals surface area contributed by atoms with Gasteiger partial charge < -0.3 is 9.47 Å². The number of hydrogen-bond donors (Lipinski definition) is 0. The van der Waals surface area contributed by atoms with Gasteiger partial charge in [0.2, 0.25) is 0 Å². The van der Waals surface area contributed by atoms with Crippen molar-refractivity contribution in [3.05, 3.63) is 26.7 Å². The molecule has 2 heterocycles. The third kappa shape index (κ3) is 4.03. The maximum absolute atomic E-state index is 12.6. The van der Waals surface area contributed by atoms with E-state index in [1.807, 2.05) is 11.5 Å². The Labute approximate surface area is 148 Å². The summed E-state index contributed by atoms with van der Waals surface area (Å²) < 4.78 is 4.57. The zero-order chi connectivity index (χ0) is 18.6. The molecule has 0 radical (unpaired) electrons. The average molecular weight is 349 g/mol. The number of rotatable bonds is 9. The molecule has 0 aliphatic heterocycles. The first kappa shape index (κ1) is 19.4. The van der Waals surface area contributed by atoms with Gasteiger partial charge in [0.15, 0.2) is 11.2 Å². The highest BCUT2D eigenvalue weighted by Gasteiger charge is 2.17. The van der Waals surface area contributed by atoms with Crippen LogP contribution in [0.4, 0.5) is 0 Å². The van der Waals surface area contributed by atoms with E-state index in [0.717, 1.165) is 30.0 Å². The Bertz CT molecular complexity index is 823. The van der Waals surface area contributed by atoms with E-state index >= 15 is 0 Å². The summed E-state index contributed by atoms with van der Waals surface area (Å²) in [4.78, 5) is 31.6. The molecule has 7 heteroatoms. The van der Waals surface area contributed by atoms with Crippen molar-refractivity contribution in [3.8, 4) is 0 Å². The Hall–Kier alpha value is -1.89. The smallest absolute Gasteiger partial charge is 0.321 e. The van der Waals surface area contributed by atoms with Gasteiger partial charge in [0.05, 0.1) is 0 Å². The van der Waals surface area contributed by atoms with Gasteiger partial charge in [0.1, 0.15) is 5.82 Å². The van der Waals surface area contributed by atoms with Crippen LogP contribution >= 0.6 is 0 Å². The zero-order valence-electron chi connectivity index (χ0n) is 16.2. The van der Waals surface area contributed by atoms with E-state index in [4.69, 9.17) is 0 Å². The lowest BCUT2D eigenvalue weighted by Gasteiger charge is -2.22. The van der Waals surface area contributed by atoms with E-state index in [9.17, 15) is 9.59 Å². The minimum absolute atomic E-state index is 0.271. The molecule has 2 aromatic heterocycles. The van der Waals surface area contributed by atoms with E-state index in [1.54, 1.807) is 7.05 Å². The Morgan fingerprint density at radius 3 is 2.12 bits per heavy atom. The first-order chi connectivity index (χ1) is 11.9. The fourth-order valence-electron chi connectivity index (χ4n) is 3.17. The van der Waals surface area contributed by atoms with Crippen LogP contribution in [0.3, 0.4) is 0 Å². The van der Waals surface area contributed by atoms with Gasteiger partial charge in [-0.2, -0.15) is 0 Å². The van der Waals surface area contributed by atoms with Gasteiger partial charge >= 0.3 is 5.69 Å². The van der Waals surface area contributed by atoms with Crippen LogP contribution in [-0.2, 0) is 20.6 Å². The van der Waals surface area contributed by atoms with Crippen molar-refractivity contribution >= 4 is 11.2 Å². The molecule has 0 amide bonds. The summed E-state index contributed by atoms with van der Waals surface area (Å²) in [5.41, 5.74) is 0.384. The second-order valence-electron chi connectivity index (χ2n) is 6.74. The maximum Gasteiger partial charge on any atom is 0.332 e. The molecule has 0 aliphatic rings. The second-order valence-corrected chi connectivity index (χ2v) is 6.74. The molecule has 0 saturated carbocycles. The normalized spacial score (nSPS) is 11.8. The highest BCUT2D eigenvalue weighted by molar-refractivity contribution is 5.70. The lowest BCUT2D eigenvalue weighted by Crippen LogP contribution is -2.38. The zero-order valence-corrected chi connectivity index (χ0v) is 16.2. The molecule has 0 N–H and O–H groups in total. The van der Waals surface area contributed by atoms with E-state index < -0.39 is 0 Å². The molecule has 0 atom stereocenters. The Morgan fingerprint density at radius 1 is 0.960 bits per heavy atom. The van der Waals surface area contributed by atoms with E-state index in [-0.39, 0.29) is 11.2 Å². The molecule has 2 rings (SSSR count). The van der Waals surface area contributed by atoms with Crippen LogP contribution in [-0.4, -0.2) is 43.2 Å². The third-order valence-corrected chi connectivity index (χ3v) is 4.83. The molecule has 0 bridgehead atoms. The van der Waals surface area contributed by atoms with Crippen molar-refractivity contribution in [1.29, 1.82) is 0 Å². The van der Waals surface area contributed by atoms with Crippen molar-refractivity contribution in [2.45, 2.75) is 53.0 Å². The van der Waals surface area contributed by atoms with Crippen molar-refractivity contribution < 1.29 is 0 Å². The van der Waals surface area contributed by atoms with Crippen molar-refractivity contribution in [2.75, 3.05) is 19.6 Å². The van der Waals surface area contributed by atoms with Gasteiger partial charge in [0, 0.05) is 27.2 Å². The third-order valence-electron chi connectivity index (χ3n) is 4.83. The van der Waals surface area contributed by atoms with Crippen LogP contribution in [0.5, 0.6) is 0 Å². The summed E-state index contributed by atoms with van der Waals surface area (Å²) in [6.07, 6.45) is 4.73. The molecule has 0 saturated heterocycles. The number of hydrogen-bond acceptors (Lipinski definition) is 4. The van der Waals surface area contributed by atoms with E-state index in [1.165, 1.54) is 37.3 Å². The molecular weight excluding hydrogens is 318 g/mol. The van der Waals surface area contributed by atoms with Crippen LogP contribution in [0.1, 0.15) is 45.4 Å². The van der Waals surface area contributed by atoms with Crippen LogP contribution in [0, 0.1) is 6.92 Å². The average Bonchev–Trinajstić information content (AvgIpc) is 2.94. The summed E-state index contributed by atoms with van der Waals surface area (Å²) in [5, 5.41) is 0. The van der Waals surface area contributed by atoms with Gasteiger partial charge in [0.25, 0.3) is 5.56 Å². The standard InChI is InChI=1S/C18H31N5O2/c1-6-8-10-22(11-9-7-2)12-13-23-14(3)19-16-15(23)17(24)21(5)18(25)20(16)4/h6-13H2,1-5H3. The fourth-order valence-corrected chi connectivity index (χ4v) is 3.17. The lowest BCUT2D eigenvalue weighted by atomic mass is 10.2. The second kappa shape index (κ2) is 8.47. The van der Waals surface area contributed by atoms with Crippen molar-refractivity contribution in [1.82, 2.24) is 23.6 Å². The Balaban J connectivity index is 2.33. The molecule has 0 spiro atoms. The van der Waals surface area contributed by atoms with Crippen LogP contribution in [0.25, 0.3) is 11.2 Å². The van der Waals surface area contributed by atoms with Crippen LogP contribution < -0.4 is 11.2 Å². The fraction of sp³-hybridized carbons (Fsp3) is 0.722. The first-order valence-corrected chi connectivity index (χ1v) is 9.27. The first-order valence-electron chi connectivity index (χ1n) is 9.27. The molecule has 2 aromatic rings. The van der Waals surface area contributed by atoms with Gasteiger partial charge in [-0.25, -0.2) is 9.78 Å². The highest BCUT2D eigenvalue weighted by atomic mass is 16.2. The molecule has 25 heavy (non-hydrogen) atoms. The van der Waals surface area contributed by atoms with Gasteiger partial charge in [-0.1, -0.05) is 26.7 Å². The van der Waals surface area contributed by atoms with Gasteiger partial charge in [-0.15, -0.1) is 0 Å². The molecule has 7 nitrogen and oxygen atoms in total.